The number of fused-ring (bicyclic) bond motifs is 1. The minimum Gasteiger partial charge on any atom is -0.361 e. The first-order valence-electron chi connectivity index (χ1n) is 9.70. The van der Waals surface area contributed by atoms with Crippen LogP contribution in [0.2, 0.25) is 0 Å². The van der Waals surface area contributed by atoms with Gasteiger partial charge in [-0.25, -0.2) is 0 Å². The summed E-state index contributed by atoms with van der Waals surface area (Å²) in [5, 5.41) is 9.15. The number of carbonyl (C=O) groups is 2. The van der Waals surface area contributed by atoms with Crippen molar-refractivity contribution in [2.45, 2.75) is 52.2 Å². The number of amides is 2. The van der Waals surface area contributed by atoms with Crippen molar-refractivity contribution in [3.63, 3.8) is 0 Å². The van der Waals surface area contributed by atoms with Gasteiger partial charge in [-0.2, -0.15) is 0 Å². The van der Waals surface area contributed by atoms with E-state index < -0.39 is 0 Å². The van der Waals surface area contributed by atoms with Gasteiger partial charge in [-0.15, -0.1) is 11.3 Å². The van der Waals surface area contributed by atoms with Crippen LogP contribution in [0.3, 0.4) is 0 Å². The first kappa shape index (κ1) is 19.1. The molecule has 1 fully saturated rings. The van der Waals surface area contributed by atoms with E-state index in [-0.39, 0.29) is 17.9 Å². The van der Waals surface area contributed by atoms with Crippen LogP contribution in [-0.2, 0) is 24.3 Å². The Balaban J connectivity index is 1.41. The molecule has 0 unspecified atom stereocenters. The monoisotopic (exact) mass is 402 g/mol. The molecule has 1 atom stereocenters. The summed E-state index contributed by atoms with van der Waals surface area (Å²) in [5.74, 6) is 1.02. The maximum Gasteiger partial charge on any atom is 0.252 e. The molecule has 28 heavy (non-hydrogen) atoms. The second-order valence-electron chi connectivity index (χ2n) is 7.80. The largest absolute Gasteiger partial charge is 0.361 e. The summed E-state index contributed by atoms with van der Waals surface area (Å²) in [6.07, 6.45) is 2.08. The number of hydrogen-bond acceptors (Lipinski definition) is 6. The summed E-state index contributed by atoms with van der Waals surface area (Å²) < 4.78 is 5.28. The lowest BCUT2D eigenvalue weighted by molar-refractivity contribution is -0.132. The van der Waals surface area contributed by atoms with Gasteiger partial charge in [-0.3, -0.25) is 14.5 Å². The highest BCUT2D eigenvalue weighted by molar-refractivity contribution is 7.10. The molecule has 0 spiro atoms. The van der Waals surface area contributed by atoms with Crippen molar-refractivity contribution in [1.82, 2.24) is 20.3 Å². The number of nitrogens with zero attached hydrogens (tertiary/aromatic N) is 3. The molecular weight excluding hydrogens is 376 g/mol. The third kappa shape index (κ3) is 3.71. The van der Waals surface area contributed by atoms with Crippen molar-refractivity contribution in [1.29, 1.82) is 0 Å². The highest BCUT2D eigenvalue weighted by Gasteiger charge is 2.28. The molecule has 1 saturated heterocycles. The average molecular weight is 403 g/mol. The molecule has 7 nitrogen and oxygen atoms in total. The third-order valence-electron chi connectivity index (χ3n) is 5.80. The lowest BCUT2D eigenvalue weighted by Gasteiger charge is -2.30. The Labute approximate surface area is 168 Å². The number of carbonyl (C=O) groups excluding carboxylic acids is 2. The number of piperidine rings is 1. The summed E-state index contributed by atoms with van der Waals surface area (Å²) in [5.41, 5.74) is 4.09. The molecule has 2 aromatic rings. The maximum atomic E-state index is 12.8. The molecule has 2 aliphatic rings. The third-order valence-corrected chi connectivity index (χ3v) is 6.81. The highest BCUT2D eigenvalue weighted by Crippen LogP contribution is 2.30. The molecule has 4 heterocycles. The van der Waals surface area contributed by atoms with Gasteiger partial charge in [0.1, 0.15) is 5.76 Å². The van der Waals surface area contributed by atoms with Crippen LogP contribution in [0.25, 0.3) is 0 Å². The van der Waals surface area contributed by atoms with E-state index in [0.717, 1.165) is 48.6 Å². The van der Waals surface area contributed by atoms with Gasteiger partial charge < -0.3 is 14.7 Å². The number of rotatable bonds is 4. The van der Waals surface area contributed by atoms with E-state index in [0.29, 0.717) is 19.4 Å². The zero-order valence-electron chi connectivity index (χ0n) is 16.6. The molecule has 2 aliphatic heterocycles. The van der Waals surface area contributed by atoms with Gasteiger partial charge in [0.25, 0.3) is 5.91 Å². The van der Waals surface area contributed by atoms with E-state index >= 15 is 0 Å². The fourth-order valence-electron chi connectivity index (χ4n) is 4.05. The lowest BCUT2D eigenvalue weighted by Crippen LogP contribution is -2.48. The van der Waals surface area contributed by atoms with E-state index in [9.17, 15) is 9.59 Å². The van der Waals surface area contributed by atoms with Crippen LogP contribution < -0.4 is 5.32 Å². The van der Waals surface area contributed by atoms with Crippen LogP contribution in [0.15, 0.2) is 9.90 Å². The second kappa shape index (κ2) is 7.67. The standard InChI is InChI=1S/C20H26N4O3S/c1-12-16(13(2)27-22-12)9-24-7-6-15-17(11-28-18(15)10-24)20(26)21-14-4-5-19(25)23(3)8-14/h11,14H,4-10H2,1-3H3,(H,21,26)/t14-/m0/s1. The topological polar surface area (TPSA) is 78.7 Å². The lowest BCUT2D eigenvalue weighted by atomic mass is 10.0. The van der Waals surface area contributed by atoms with Gasteiger partial charge in [-0.05, 0) is 32.3 Å². The van der Waals surface area contributed by atoms with Crippen LogP contribution in [-0.4, -0.2) is 52.9 Å². The molecule has 0 aliphatic carbocycles. The molecule has 1 N–H and O–H groups in total. The predicted molar refractivity (Wildman–Crippen MR) is 106 cm³/mol. The Morgan fingerprint density at radius 2 is 2.21 bits per heavy atom. The Morgan fingerprint density at radius 1 is 1.39 bits per heavy atom. The van der Waals surface area contributed by atoms with Gasteiger partial charge in [0, 0.05) is 61.5 Å². The van der Waals surface area contributed by atoms with Gasteiger partial charge >= 0.3 is 0 Å². The van der Waals surface area contributed by atoms with Gasteiger partial charge in [0.15, 0.2) is 0 Å². The van der Waals surface area contributed by atoms with Gasteiger partial charge in [0.2, 0.25) is 5.91 Å². The minimum atomic E-state index is -0.00979. The molecule has 0 bridgehead atoms. The zero-order chi connectivity index (χ0) is 19.8. The highest BCUT2D eigenvalue weighted by atomic mass is 32.1. The predicted octanol–water partition coefficient (Wildman–Crippen LogP) is 2.26. The van der Waals surface area contributed by atoms with Crippen LogP contribution in [0, 0.1) is 13.8 Å². The summed E-state index contributed by atoms with van der Waals surface area (Å²) in [6.45, 7) is 7.09. The molecule has 8 heteroatoms. The summed E-state index contributed by atoms with van der Waals surface area (Å²) in [4.78, 5) is 29.8. The van der Waals surface area contributed by atoms with Crippen molar-refractivity contribution in [2.75, 3.05) is 20.1 Å². The Hall–Kier alpha value is -2.19. The Kier molecular flexibility index (Phi) is 5.25. The molecule has 0 saturated carbocycles. The van der Waals surface area contributed by atoms with Crippen molar-refractivity contribution >= 4 is 23.2 Å². The molecule has 2 amide bonds. The van der Waals surface area contributed by atoms with Gasteiger partial charge in [0.05, 0.1) is 11.3 Å². The molecule has 150 valence electrons. The number of likely N-dealkylation sites (tertiary alicyclic amines) is 1. The summed E-state index contributed by atoms with van der Waals surface area (Å²) in [6, 6.07) is 0.0328. The molecule has 2 aromatic heterocycles. The normalized spacial score (nSPS) is 20.3. The van der Waals surface area contributed by atoms with E-state index in [1.807, 2.05) is 19.2 Å². The molecular formula is C20H26N4O3S. The first-order chi connectivity index (χ1) is 13.4. The zero-order valence-corrected chi connectivity index (χ0v) is 17.4. The first-order valence-corrected chi connectivity index (χ1v) is 10.6. The SMILES string of the molecule is Cc1noc(C)c1CN1CCc2c(C(=O)N[C@H]3CCC(=O)N(C)C3)csc2C1. The van der Waals surface area contributed by atoms with Crippen molar-refractivity contribution in [3.8, 4) is 0 Å². The molecule has 0 radical (unpaired) electrons. The number of aryl methyl sites for hydroxylation is 2. The van der Waals surface area contributed by atoms with Crippen LogP contribution >= 0.6 is 11.3 Å². The van der Waals surface area contributed by atoms with Crippen LogP contribution in [0.4, 0.5) is 0 Å². The van der Waals surface area contributed by atoms with Crippen LogP contribution in [0.5, 0.6) is 0 Å². The smallest absolute Gasteiger partial charge is 0.252 e. The Morgan fingerprint density at radius 3 is 2.93 bits per heavy atom. The Bertz CT molecular complexity index is 884. The fourth-order valence-corrected chi connectivity index (χ4v) is 5.17. The number of nitrogens with one attached hydrogen (secondary N) is 1. The molecule has 4 rings (SSSR count). The average Bonchev–Trinajstić information content (AvgIpc) is 3.23. The summed E-state index contributed by atoms with van der Waals surface area (Å²) >= 11 is 1.66. The van der Waals surface area contributed by atoms with Crippen molar-refractivity contribution in [2.24, 2.45) is 0 Å². The quantitative estimate of drug-likeness (QED) is 0.849. The second-order valence-corrected chi connectivity index (χ2v) is 8.76. The number of thiophene rings is 1. The van der Waals surface area contributed by atoms with E-state index in [2.05, 4.69) is 15.4 Å². The van der Waals surface area contributed by atoms with Crippen molar-refractivity contribution < 1.29 is 14.1 Å². The minimum absolute atomic E-state index is 0.00979. The number of likely N-dealkylation sites (N-methyl/N-ethyl adjacent to an activating group) is 1. The fraction of sp³-hybridized carbons (Fsp3) is 0.550. The number of hydrogen-bond donors (Lipinski definition) is 1. The van der Waals surface area contributed by atoms with Crippen molar-refractivity contribution in [3.05, 3.63) is 38.4 Å². The summed E-state index contributed by atoms with van der Waals surface area (Å²) in [7, 11) is 1.79. The maximum absolute atomic E-state index is 12.8. The molecule has 0 aromatic carbocycles. The number of aromatic nitrogens is 1. The van der Waals surface area contributed by atoms with E-state index in [1.54, 1.807) is 23.3 Å². The van der Waals surface area contributed by atoms with E-state index in [1.165, 1.54) is 10.4 Å². The van der Waals surface area contributed by atoms with E-state index in [4.69, 9.17) is 4.52 Å². The van der Waals surface area contributed by atoms with Gasteiger partial charge in [-0.1, -0.05) is 5.16 Å². The van der Waals surface area contributed by atoms with Crippen LogP contribution in [0.1, 0.15) is 50.7 Å².